The Balaban J connectivity index is 1.78. The Morgan fingerprint density at radius 1 is 1.00 bits per heavy atom. The molecular weight excluding hydrogens is 522 g/mol. The second-order valence-corrected chi connectivity index (χ2v) is 11.8. The minimum atomic E-state index is -3.58. The van der Waals surface area contributed by atoms with Gasteiger partial charge in [0.05, 0.1) is 10.6 Å². The number of benzene rings is 2. The summed E-state index contributed by atoms with van der Waals surface area (Å²) in [4.78, 5) is 24.3. The average Bonchev–Trinajstić information content (AvgIpc) is 3.30. The number of thioether (sulfide) groups is 1. The molecule has 2 aromatic carbocycles. The van der Waals surface area contributed by atoms with Crippen LogP contribution >= 0.6 is 11.8 Å². The fourth-order valence-corrected chi connectivity index (χ4v) is 6.25. The number of sulfonamides is 1. The van der Waals surface area contributed by atoms with E-state index in [1.54, 1.807) is 26.0 Å². The molecule has 3 aromatic rings. The molecule has 1 aromatic heterocycles. The van der Waals surface area contributed by atoms with Crippen LogP contribution in [-0.2, 0) is 21.2 Å². The number of nitrogens with zero attached hydrogens (tertiary/aromatic N) is 4. The number of ketones is 1. The first kappa shape index (κ1) is 29.5. The maximum atomic E-state index is 13.0. The SMILES string of the molecule is CCN(CC)S(=O)(=O)c1ccc(C(=O)CSc2nnc(CCCNC(C)=O)n2-c2ccc(C)c(C)c2)cc1. The Morgan fingerprint density at radius 3 is 2.29 bits per heavy atom. The van der Waals surface area contributed by atoms with E-state index in [2.05, 4.69) is 21.6 Å². The second kappa shape index (κ2) is 13.2. The van der Waals surface area contributed by atoms with Gasteiger partial charge in [-0.3, -0.25) is 14.2 Å². The highest BCUT2D eigenvalue weighted by molar-refractivity contribution is 7.99. The zero-order chi connectivity index (χ0) is 27.9. The maximum Gasteiger partial charge on any atom is 0.243 e. The standard InChI is InChI=1S/C27H35N5O4S2/c1-6-31(7-2)38(35,36)24-14-11-22(12-15-24)25(34)18-37-27-30-29-26(9-8-16-28-21(5)33)32(27)23-13-10-19(3)20(4)17-23/h10-15,17H,6-9,16,18H2,1-5H3,(H,28,33). The minimum Gasteiger partial charge on any atom is -0.356 e. The topological polar surface area (TPSA) is 114 Å². The molecule has 11 heteroatoms. The van der Waals surface area contributed by atoms with Crippen LogP contribution in [0.4, 0.5) is 0 Å². The number of aromatic nitrogens is 3. The Bertz CT molecular complexity index is 1380. The quantitative estimate of drug-likeness (QED) is 0.192. The van der Waals surface area contributed by atoms with Gasteiger partial charge in [0.2, 0.25) is 15.9 Å². The number of carbonyl (C=O) groups is 2. The van der Waals surface area contributed by atoms with Gasteiger partial charge in [-0.25, -0.2) is 8.42 Å². The van der Waals surface area contributed by atoms with Crippen molar-refractivity contribution in [1.29, 1.82) is 0 Å². The number of amides is 1. The van der Waals surface area contributed by atoms with Gasteiger partial charge in [0.1, 0.15) is 5.82 Å². The molecule has 1 heterocycles. The van der Waals surface area contributed by atoms with E-state index >= 15 is 0 Å². The first-order chi connectivity index (χ1) is 18.1. The van der Waals surface area contributed by atoms with Gasteiger partial charge in [-0.05, 0) is 55.7 Å². The molecule has 0 saturated heterocycles. The number of hydrogen-bond acceptors (Lipinski definition) is 7. The molecule has 0 atom stereocenters. The van der Waals surface area contributed by atoms with E-state index in [0.29, 0.717) is 43.2 Å². The molecule has 0 aliphatic heterocycles. The van der Waals surface area contributed by atoms with E-state index in [1.807, 2.05) is 30.5 Å². The largest absolute Gasteiger partial charge is 0.356 e. The lowest BCUT2D eigenvalue weighted by molar-refractivity contribution is -0.118. The lowest BCUT2D eigenvalue weighted by Crippen LogP contribution is -2.30. The van der Waals surface area contributed by atoms with Crippen LogP contribution in [0.25, 0.3) is 5.69 Å². The van der Waals surface area contributed by atoms with E-state index in [0.717, 1.165) is 17.1 Å². The third-order valence-corrected chi connectivity index (χ3v) is 9.25. The summed E-state index contributed by atoms with van der Waals surface area (Å²) < 4.78 is 28.8. The molecule has 0 aliphatic carbocycles. The van der Waals surface area contributed by atoms with Crippen molar-refractivity contribution in [2.75, 3.05) is 25.4 Å². The molecule has 0 bridgehead atoms. The summed E-state index contributed by atoms with van der Waals surface area (Å²) in [6.07, 6.45) is 1.31. The molecule has 0 fully saturated rings. The van der Waals surface area contributed by atoms with Crippen molar-refractivity contribution in [2.45, 2.75) is 57.5 Å². The summed E-state index contributed by atoms with van der Waals surface area (Å²) in [7, 11) is -3.58. The second-order valence-electron chi connectivity index (χ2n) is 8.91. The van der Waals surface area contributed by atoms with Crippen molar-refractivity contribution in [1.82, 2.24) is 24.4 Å². The van der Waals surface area contributed by atoms with Gasteiger partial charge in [-0.15, -0.1) is 10.2 Å². The molecule has 0 unspecified atom stereocenters. The lowest BCUT2D eigenvalue weighted by atomic mass is 10.1. The van der Waals surface area contributed by atoms with Crippen molar-refractivity contribution >= 4 is 33.5 Å². The Kier molecular flexibility index (Phi) is 10.2. The molecule has 9 nitrogen and oxygen atoms in total. The highest BCUT2D eigenvalue weighted by atomic mass is 32.2. The molecule has 38 heavy (non-hydrogen) atoms. The highest BCUT2D eigenvalue weighted by Gasteiger charge is 2.22. The number of rotatable bonds is 13. The minimum absolute atomic E-state index is 0.0749. The van der Waals surface area contributed by atoms with Gasteiger partial charge >= 0.3 is 0 Å². The van der Waals surface area contributed by atoms with Gasteiger partial charge < -0.3 is 5.32 Å². The summed E-state index contributed by atoms with van der Waals surface area (Å²) in [6, 6.07) is 12.2. The van der Waals surface area contributed by atoms with E-state index in [-0.39, 0.29) is 22.3 Å². The molecule has 0 spiro atoms. The number of carbonyl (C=O) groups excluding carboxylic acids is 2. The summed E-state index contributed by atoms with van der Waals surface area (Å²) >= 11 is 1.29. The summed E-state index contributed by atoms with van der Waals surface area (Å²) in [5, 5.41) is 12.1. The van der Waals surface area contributed by atoms with Gasteiger partial charge in [0.25, 0.3) is 0 Å². The Labute approximate surface area is 229 Å². The fourth-order valence-electron chi connectivity index (χ4n) is 3.93. The van der Waals surface area contributed by atoms with Crippen molar-refractivity contribution in [3.05, 3.63) is 65.0 Å². The monoisotopic (exact) mass is 557 g/mol. The molecule has 3 rings (SSSR count). The third-order valence-electron chi connectivity index (χ3n) is 6.25. The molecule has 1 amide bonds. The Morgan fingerprint density at radius 2 is 1.68 bits per heavy atom. The molecule has 0 aliphatic rings. The summed E-state index contributed by atoms with van der Waals surface area (Å²) in [5.41, 5.74) is 3.65. The van der Waals surface area contributed by atoms with E-state index < -0.39 is 10.0 Å². The van der Waals surface area contributed by atoms with Crippen LogP contribution in [0.5, 0.6) is 0 Å². The molecule has 0 saturated carbocycles. The number of aryl methyl sites for hydroxylation is 3. The predicted molar refractivity (Wildman–Crippen MR) is 149 cm³/mol. The summed E-state index contributed by atoms with van der Waals surface area (Å²) in [5.74, 6) is 0.661. The van der Waals surface area contributed by atoms with Crippen LogP contribution in [0.3, 0.4) is 0 Å². The van der Waals surface area contributed by atoms with Crippen LogP contribution < -0.4 is 5.32 Å². The van der Waals surface area contributed by atoms with Crippen LogP contribution in [0, 0.1) is 13.8 Å². The Hall–Kier alpha value is -3.02. The first-order valence-corrected chi connectivity index (χ1v) is 15.0. The predicted octanol–water partition coefficient (Wildman–Crippen LogP) is 3.96. The zero-order valence-electron chi connectivity index (χ0n) is 22.5. The van der Waals surface area contributed by atoms with Crippen LogP contribution in [-0.4, -0.2) is 64.6 Å². The van der Waals surface area contributed by atoms with E-state index in [9.17, 15) is 18.0 Å². The first-order valence-electron chi connectivity index (χ1n) is 12.6. The lowest BCUT2D eigenvalue weighted by Gasteiger charge is -2.18. The normalized spacial score (nSPS) is 11.6. The van der Waals surface area contributed by atoms with Gasteiger partial charge in [-0.1, -0.05) is 43.8 Å². The van der Waals surface area contributed by atoms with E-state index in [4.69, 9.17) is 0 Å². The number of hydrogen-bond donors (Lipinski definition) is 1. The van der Waals surface area contributed by atoms with E-state index in [1.165, 1.54) is 40.7 Å². The van der Waals surface area contributed by atoms with Crippen LogP contribution in [0.1, 0.15) is 54.5 Å². The van der Waals surface area contributed by atoms with Crippen molar-refractivity contribution in [2.24, 2.45) is 0 Å². The third kappa shape index (κ3) is 7.09. The molecule has 204 valence electrons. The molecular formula is C27H35N5O4S2. The average molecular weight is 558 g/mol. The van der Waals surface area contributed by atoms with Crippen molar-refractivity contribution < 1.29 is 18.0 Å². The number of Topliss-reactive ketones (excluding diaryl/α,β-unsaturated/α-hetero) is 1. The van der Waals surface area contributed by atoms with Gasteiger partial charge in [-0.2, -0.15) is 4.31 Å². The van der Waals surface area contributed by atoms with Gasteiger partial charge in [0.15, 0.2) is 10.9 Å². The zero-order valence-corrected chi connectivity index (χ0v) is 24.2. The maximum absolute atomic E-state index is 13.0. The number of nitrogens with one attached hydrogen (secondary N) is 1. The molecule has 1 N–H and O–H groups in total. The highest BCUT2D eigenvalue weighted by Crippen LogP contribution is 2.25. The van der Waals surface area contributed by atoms with Crippen molar-refractivity contribution in [3.63, 3.8) is 0 Å². The smallest absolute Gasteiger partial charge is 0.243 e. The fraction of sp³-hybridized carbons (Fsp3) is 0.407. The summed E-state index contributed by atoms with van der Waals surface area (Å²) in [6.45, 7) is 10.5. The van der Waals surface area contributed by atoms with Crippen LogP contribution in [0.15, 0.2) is 52.5 Å². The van der Waals surface area contributed by atoms with Gasteiger partial charge in [0, 0.05) is 44.2 Å². The molecule has 0 radical (unpaired) electrons. The van der Waals surface area contributed by atoms with Crippen LogP contribution in [0.2, 0.25) is 0 Å². The van der Waals surface area contributed by atoms with Crippen molar-refractivity contribution in [3.8, 4) is 5.69 Å².